The fraction of sp³-hybridized carbons (Fsp3) is 0.630. The first-order valence-electron chi connectivity index (χ1n) is 12.9. The van der Waals surface area contributed by atoms with Crippen LogP contribution < -0.4 is 14.8 Å². The van der Waals surface area contributed by atoms with Crippen molar-refractivity contribution in [3.05, 3.63) is 32.9 Å². The molecule has 0 saturated heterocycles. The van der Waals surface area contributed by atoms with Crippen molar-refractivity contribution in [2.45, 2.75) is 77.7 Å². The quantitative estimate of drug-likeness (QED) is 0.184. The number of nitrogens with one attached hydrogen (secondary N) is 1. The second-order valence-electron chi connectivity index (χ2n) is 9.53. The number of benzene rings is 1. The normalized spacial score (nSPS) is 19.4. The number of unbranched alkanes of at least 4 members (excludes halogenated alkanes) is 3. The molecule has 0 aliphatic heterocycles. The van der Waals surface area contributed by atoms with Gasteiger partial charge in [0.05, 0.1) is 29.9 Å². The van der Waals surface area contributed by atoms with E-state index in [4.69, 9.17) is 14.6 Å². The van der Waals surface area contributed by atoms with Crippen molar-refractivity contribution >= 4 is 34.4 Å². The highest BCUT2D eigenvalue weighted by Crippen LogP contribution is 2.37. The third kappa shape index (κ3) is 8.56. The van der Waals surface area contributed by atoms with Crippen LogP contribution in [0.4, 0.5) is 0 Å². The molecule has 0 aromatic heterocycles. The number of carbonyl (C=O) groups excluding carboxylic acids is 2. The largest absolute Gasteiger partial charge is 0.493 e. The van der Waals surface area contributed by atoms with Gasteiger partial charge < -0.3 is 35.0 Å². The van der Waals surface area contributed by atoms with Crippen molar-refractivity contribution in [1.29, 1.82) is 0 Å². The number of amides is 2. The van der Waals surface area contributed by atoms with Gasteiger partial charge in [-0.15, -0.1) is 0 Å². The number of halogens is 1. The zero-order valence-corrected chi connectivity index (χ0v) is 24.4. The van der Waals surface area contributed by atoms with Gasteiger partial charge in [0.2, 0.25) is 11.8 Å². The van der Waals surface area contributed by atoms with Crippen molar-refractivity contribution in [2.24, 2.45) is 5.92 Å². The molecule has 0 heterocycles. The maximum atomic E-state index is 13.3. The second-order valence-corrected chi connectivity index (χ2v) is 10.7. The van der Waals surface area contributed by atoms with Gasteiger partial charge in [0, 0.05) is 31.0 Å². The lowest BCUT2D eigenvalue weighted by molar-refractivity contribution is -0.142. The lowest BCUT2D eigenvalue weighted by Crippen LogP contribution is -2.56. The van der Waals surface area contributed by atoms with Gasteiger partial charge in [0.15, 0.2) is 11.5 Å². The number of nitrogens with zero attached hydrogens (tertiary/aromatic N) is 1. The molecule has 208 valence electrons. The lowest BCUT2D eigenvalue weighted by atomic mass is 9.87. The third-order valence-corrected chi connectivity index (χ3v) is 7.17. The van der Waals surface area contributed by atoms with Crippen LogP contribution in [0.15, 0.2) is 23.8 Å². The number of aliphatic hydroxyl groups is 3. The molecule has 1 aliphatic carbocycles. The molecule has 3 atom stereocenters. The van der Waals surface area contributed by atoms with Crippen molar-refractivity contribution < 1.29 is 34.4 Å². The maximum absolute atomic E-state index is 13.3. The summed E-state index contributed by atoms with van der Waals surface area (Å²) in [5.41, 5.74) is 1.03. The van der Waals surface area contributed by atoms with Crippen LogP contribution in [-0.2, 0) is 16.2 Å². The molecule has 1 aliphatic rings. The Hall–Kier alpha value is -1.89. The number of methoxy groups -OCH3 is 1. The Balaban J connectivity index is 2.47. The molecule has 2 rings (SSSR count). The molecule has 0 spiro atoms. The Kier molecular flexibility index (Phi) is 13.1. The van der Waals surface area contributed by atoms with Gasteiger partial charge in [-0.3, -0.25) is 9.59 Å². The number of hydrogen-bond donors (Lipinski definition) is 4. The van der Waals surface area contributed by atoms with Crippen LogP contribution in [0, 0.1) is 9.49 Å². The second kappa shape index (κ2) is 15.5. The zero-order chi connectivity index (χ0) is 27.5. The summed E-state index contributed by atoms with van der Waals surface area (Å²) < 4.78 is 12.4. The van der Waals surface area contributed by atoms with Crippen LogP contribution >= 0.6 is 22.6 Å². The van der Waals surface area contributed by atoms with Gasteiger partial charge in [0.25, 0.3) is 0 Å². The van der Waals surface area contributed by atoms with Crippen LogP contribution in [0.2, 0.25) is 0 Å². The summed E-state index contributed by atoms with van der Waals surface area (Å²) in [7, 11) is 1.49. The summed E-state index contributed by atoms with van der Waals surface area (Å²) >= 11 is 2.07. The number of rotatable bonds is 14. The van der Waals surface area contributed by atoms with E-state index in [1.54, 1.807) is 23.1 Å². The van der Waals surface area contributed by atoms with Crippen LogP contribution in [0.1, 0.15) is 58.4 Å². The molecule has 4 N–H and O–H groups in total. The van der Waals surface area contributed by atoms with Crippen LogP contribution in [0.5, 0.6) is 11.5 Å². The molecule has 2 amide bonds. The molecule has 0 bridgehead atoms. The Morgan fingerprint density at radius 1 is 1.22 bits per heavy atom. The van der Waals surface area contributed by atoms with E-state index in [1.165, 1.54) is 7.11 Å². The highest BCUT2D eigenvalue weighted by Gasteiger charge is 2.41. The summed E-state index contributed by atoms with van der Waals surface area (Å²) in [6.45, 7) is 5.97. The molecular formula is C27H41IN2O7. The third-order valence-electron chi connectivity index (χ3n) is 6.37. The van der Waals surface area contributed by atoms with Crippen LogP contribution in [0.25, 0.3) is 0 Å². The summed E-state index contributed by atoms with van der Waals surface area (Å²) in [6.07, 6.45) is 3.60. The average Bonchev–Trinajstić information content (AvgIpc) is 2.89. The molecule has 0 radical (unpaired) electrons. The zero-order valence-electron chi connectivity index (χ0n) is 22.2. The minimum Gasteiger partial charge on any atom is -0.493 e. The van der Waals surface area contributed by atoms with E-state index >= 15 is 0 Å². The highest BCUT2D eigenvalue weighted by molar-refractivity contribution is 14.1. The first-order valence-corrected chi connectivity index (χ1v) is 14.0. The van der Waals surface area contributed by atoms with Gasteiger partial charge in [-0.1, -0.05) is 40.0 Å². The number of ether oxygens (including phenoxy) is 2. The molecule has 1 aromatic rings. The Morgan fingerprint density at radius 3 is 2.54 bits per heavy atom. The Labute approximate surface area is 233 Å². The fourth-order valence-corrected chi connectivity index (χ4v) is 5.17. The monoisotopic (exact) mass is 632 g/mol. The van der Waals surface area contributed by atoms with Gasteiger partial charge in [0.1, 0.15) is 12.2 Å². The van der Waals surface area contributed by atoms with E-state index in [1.807, 2.05) is 13.8 Å². The molecule has 37 heavy (non-hydrogen) atoms. The number of hydrogen-bond acceptors (Lipinski definition) is 7. The summed E-state index contributed by atoms with van der Waals surface area (Å²) in [4.78, 5) is 27.9. The molecular weight excluding hydrogens is 591 g/mol. The number of carbonyl (C=O) groups is 2. The van der Waals surface area contributed by atoms with Gasteiger partial charge in [-0.05, 0) is 52.8 Å². The minimum atomic E-state index is -1.10. The molecule has 0 fully saturated rings. The van der Waals surface area contributed by atoms with E-state index in [-0.39, 0.29) is 43.9 Å². The van der Waals surface area contributed by atoms with Gasteiger partial charge in [-0.2, -0.15) is 0 Å². The van der Waals surface area contributed by atoms with E-state index in [9.17, 15) is 19.8 Å². The Bertz CT molecular complexity index is 938. The van der Waals surface area contributed by atoms with E-state index < -0.39 is 18.2 Å². The van der Waals surface area contributed by atoms with Crippen LogP contribution in [0.3, 0.4) is 0 Å². The maximum Gasteiger partial charge on any atom is 0.247 e. The number of aliphatic hydroxyl groups excluding tert-OH is 3. The highest BCUT2D eigenvalue weighted by atomic mass is 127. The summed E-state index contributed by atoms with van der Waals surface area (Å²) in [6, 6.07) is 2.75. The topological polar surface area (TPSA) is 129 Å². The first kappa shape index (κ1) is 31.3. The van der Waals surface area contributed by atoms with Crippen molar-refractivity contribution in [3.8, 4) is 11.5 Å². The van der Waals surface area contributed by atoms with Crippen molar-refractivity contribution in [3.63, 3.8) is 0 Å². The van der Waals surface area contributed by atoms with Gasteiger partial charge in [-0.25, -0.2) is 0 Å². The first-order chi connectivity index (χ1) is 17.7. The molecule has 9 nitrogen and oxygen atoms in total. The van der Waals surface area contributed by atoms with Gasteiger partial charge >= 0.3 is 0 Å². The van der Waals surface area contributed by atoms with Crippen molar-refractivity contribution in [2.75, 3.05) is 26.8 Å². The van der Waals surface area contributed by atoms with E-state index in [0.29, 0.717) is 32.8 Å². The standard InChI is InChI=1S/C27H41IN2O7/c1-5-6-7-8-10-30(27(35)17(2)3)21-14-19(26(34)29-9-11-31)15-22(24(21)33)37-25-20(28)12-18(16-32)13-23(25)36-4/h12-13,15,17,21-22,24,31-33H,5-11,14,16H2,1-4H3,(H,29,34)/t21-,22+,24+/m1/s1. The molecule has 10 heteroatoms. The molecule has 0 saturated carbocycles. The van der Waals surface area contributed by atoms with Crippen molar-refractivity contribution in [1.82, 2.24) is 10.2 Å². The smallest absolute Gasteiger partial charge is 0.247 e. The van der Waals surface area contributed by atoms with Crippen LogP contribution in [-0.4, -0.2) is 77.1 Å². The average molecular weight is 633 g/mol. The minimum absolute atomic E-state index is 0.0872. The predicted molar refractivity (Wildman–Crippen MR) is 149 cm³/mol. The molecule has 0 unspecified atom stereocenters. The SMILES string of the molecule is CCCCCCN(C(=O)C(C)C)[C@@H]1CC(C(=O)NCCO)=C[C@H](Oc2c(I)cc(CO)cc2OC)[C@H]1O. The lowest BCUT2D eigenvalue weighted by Gasteiger charge is -2.41. The predicted octanol–water partition coefficient (Wildman–Crippen LogP) is 2.77. The molecule has 1 aromatic carbocycles. The summed E-state index contributed by atoms with van der Waals surface area (Å²) in [5, 5.41) is 32.9. The van der Waals surface area contributed by atoms with E-state index in [2.05, 4.69) is 34.8 Å². The van der Waals surface area contributed by atoms with E-state index in [0.717, 1.165) is 25.7 Å². The summed E-state index contributed by atoms with van der Waals surface area (Å²) in [5.74, 6) is 0.0265. The fourth-order valence-electron chi connectivity index (χ4n) is 4.37. The Morgan fingerprint density at radius 2 is 1.95 bits per heavy atom.